The highest BCUT2D eigenvalue weighted by Gasteiger charge is 2.13. The minimum Gasteiger partial charge on any atom is -0.477 e. The van der Waals surface area contributed by atoms with Crippen LogP contribution in [0.4, 0.5) is 0 Å². The maximum Gasteiger partial charge on any atom is 0.357 e. The van der Waals surface area contributed by atoms with Crippen LogP contribution in [-0.2, 0) is 21.4 Å². The summed E-state index contributed by atoms with van der Waals surface area (Å²) in [5.41, 5.74) is 0.142. The van der Waals surface area contributed by atoms with Crippen molar-refractivity contribution in [2.45, 2.75) is 11.5 Å². The van der Waals surface area contributed by atoms with Gasteiger partial charge in [-0.2, -0.15) is 0 Å². The number of esters is 1. The van der Waals surface area contributed by atoms with Crippen LogP contribution >= 0.6 is 0 Å². The van der Waals surface area contributed by atoms with Gasteiger partial charge in [-0.3, -0.25) is 0 Å². The molecule has 23 heavy (non-hydrogen) atoms. The van der Waals surface area contributed by atoms with Crippen molar-refractivity contribution in [3.8, 4) is 0 Å². The van der Waals surface area contributed by atoms with Gasteiger partial charge in [-0.05, 0) is 29.8 Å². The zero-order chi connectivity index (χ0) is 17.0. The van der Waals surface area contributed by atoms with Gasteiger partial charge in [0, 0.05) is 0 Å². The summed E-state index contributed by atoms with van der Waals surface area (Å²) in [6, 6.07) is 9.46. The van der Waals surface area contributed by atoms with Gasteiger partial charge in [0.25, 0.3) is 0 Å². The van der Waals surface area contributed by atoms with Gasteiger partial charge in [-0.25, -0.2) is 28.1 Å². The number of primary sulfonamides is 1. The van der Waals surface area contributed by atoms with Crippen molar-refractivity contribution in [3.63, 3.8) is 0 Å². The zero-order valence-corrected chi connectivity index (χ0v) is 12.5. The summed E-state index contributed by atoms with van der Waals surface area (Å²) in [6.45, 7) is -0.122. The molecule has 0 aliphatic heterocycles. The van der Waals surface area contributed by atoms with Crippen LogP contribution in [0.5, 0.6) is 0 Å². The number of hydrogen-bond acceptors (Lipinski definition) is 6. The number of aromatic nitrogens is 1. The van der Waals surface area contributed by atoms with Crippen molar-refractivity contribution in [1.82, 2.24) is 4.98 Å². The average Bonchev–Trinajstić information content (AvgIpc) is 2.52. The first-order valence-corrected chi connectivity index (χ1v) is 7.81. The molecule has 9 heteroatoms. The second-order valence-electron chi connectivity index (χ2n) is 4.48. The molecule has 0 aliphatic rings. The van der Waals surface area contributed by atoms with E-state index in [9.17, 15) is 18.0 Å². The number of aromatic carboxylic acids is 1. The fraction of sp³-hybridized carbons (Fsp3) is 0.0714. The molecule has 0 saturated carbocycles. The summed E-state index contributed by atoms with van der Waals surface area (Å²) in [5, 5.41) is 13.8. The van der Waals surface area contributed by atoms with E-state index in [0.717, 1.165) is 0 Å². The molecule has 1 heterocycles. The molecule has 0 atom stereocenters. The normalized spacial score (nSPS) is 11.0. The Labute approximate surface area is 131 Å². The van der Waals surface area contributed by atoms with E-state index in [1.807, 2.05) is 0 Å². The smallest absolute Gasteiger partial charge is 0.357 e. The Morgan fingerprint density at radius 2 is 1.70 bits per heavy atom. The van der Waals surface area contributed by atoms with Gasteiger partial charge in [-0.1, -0.05) is 18.2 Å². The topological polar surface area (TPSA) is 137 Å². The van der Waals surface area contributed by atoms with Gasteiger partial charge in [0.1, 0.15) is 18.0 Å². The molecule has 0 aliphatic carbocycles. The predicted molar refractivity (Wildman–Crippen MR) is 78.1 cm³/mol. The quantitative estimate of drug-likeness (QED) is 0.770. The van der Waals surface area contributed by atoms with E-state index in [-0.39, 0.29) is 22.9 Å². The molecule has 0 spiro atoms. The second kappa shape index (κ2) is 6.55. The number of benzene rings is 1. The van der Waals surface area contributed by atoms with Crippen LogP contribution in [0.2, 0.25) is 0 Å². The van der Waals surface area contributed by atoms with Crippen LogP contribution in [-0.4, -0.2) is 30.4 Å². The largest absolute Gasteiger partial charge is 0.477 e. The lowest BCUT2D eigenvalue weighted by atomic mass is 10.2. The minimum absolute atomic E-state index is 0.0524. The summed E-state index contributed by atoms with van der Waals surface area (Å²) in [6.07, 6.45) is 0. The first kappa shape index (κ1) is 16.6. The van der Waals surface area contributed by atoms with Crippen LogP contribution in [0, 0.1) is 0 Å². The lowest BCUT2D eigenvalue weighted by Crippen LogP contribution is -2.12. The number of nitrogens with zero attached hydrogens (tertiary/aromatic N) is 1. The summed E-state index contributed by atoms with van der Waals surface area (Å²) in [4.78, 5) is 26.2. The molecule has 0 radical (unpaired) electrons. The molecule has 8 nitrogen and oxygen atoms in total. The van der Waals surface area contributed by atoms with E-state index in [4.69, 9.17) is 15.0 Å². The van der Waals surface area contributed by atoms with E-state index in [1.54, 1.807) is 0 Å². The maximum atomic E-state index is 11.8. The number of nitrogens with two attached hydrogens (primary N) is 1. The third-order valence-corrected chi connectivity index (χ3v) is 3.73. The fourth-order valence-electron chi connectivity index (χ4n) is 1.67. The Hall–Kier alpha value is -2.78. The van der Waals surface area contributed by atoms with Gasteiger partial charge in [0.2, 0.25) is 10.0 Å². The molecule has 2 rings (SSSR count). The van der Waals surface area contributed by atoms with Crippen molar-refractivity contribution in [2.75, 3.05) is 0 Å². The van der Waals surface area contributed by atoms with Crippen LogP contribution < -0.4 is 5.14 Å². The van der Waals surface area contributed by atoms with Crippen LogP contribution in [0.1, 0.15) is 26.5 Å². The van der Waals surface area contributed by atoms with Crippen molar-refractivity contribution in [1.29, 1.82) is 0 Å². The van der Waals surface area contributed by atoms with Gasteiger partial charge < -0.3 is 9.84 Å². The Morgan fingerprint density at radius 3 is 2.26 bits per heavy atom. The van der Waals surface area contributed by atoms with Crippen molar-refractivity contribution in [2.24, 2.45) is 5.14 Å². The maximum absolute atomic E-state index is 11.8. The van der Waals surface area contributed by atoms with Gasteiger partial charge in [0.15, 0.2) is 0 Å². The van der Waals surface area contributed by atoms with Crippen molar-refractivity contribution in [3.05, 3.63) is 59.4 Å². The third-order valence-electron chi connectivity index (χ3n) is 2.80. The fourth-order valence-corrected chi connectivity index (χ4v) is 2.18. The Bertz CT molecular complexity index is 846. The number of carboxylic acids is 1. The highest BCUT2D eigenvalue weighted by Crippen LogP contribution is 2.10. The van der Waals surface area contributed by atoms with E-state index >= 15 is 0 Å². The molecular formula is C14H12N2O6S. The zero-order valence-electron chi connectivity index (χ0n) is 11.7. The lowest BCUT2D eigenvalue weighted by molar-refractivity contribution is 0.0465. The predicted octanol–water partition coefficient (Wildman–Crippen LogP) is 0.784. The number of rotatable bonds is 5. The number of carbonyl (C=O) groups is 2. The molecule has 0 amide bonds. The first-order chi connectivity index (χ1) is 10.8. The molecule has 0 bridgehead atoms. The van der Waals surface area contributed by atoms with E-state index in [1.165, 1.54) is 42.5 Å². The highest BCUT2D eigenvalue weighted by molar-refractivity contribution is 7.89. The van der Waals surface area contributed by atoms with Crippen LogP contribution in [0.3, 0.4) is 0 Å². The molecule has 120 valence electrons. The number of hydrogen-bond donors (Lipinski definition) is 2. The lowest BCUT2D eigenvalue weighted by Gasteiger charge is -2.06. The molecule has 0 fully saturated rings. The van der Waals surface area contributed by atoms with Gasteiger partial charge in [-0.15, -0.1) is 0 Å². The molecule has 1 aromatic heterocycles. The van der Waals surface area contributed by atoms with Crippen LogP contribution in [0.25, 0.3) is 0 Å². The van der Waals surface area contributed by atoms with Gasteiger partial charge >= 0.3 is 11.9 Å². The molecule has 3 N–H and O–H groups in total. The molecule has 1 aromatic carbocycles. The number of carboxylic acid groups (broad SMARTS) is 1. The number of carbonyl (C=O) groups excluding carboxylic acids is 1. The van der Waals surface area contributed by atoms with Crippen molar-refractivity contribution >= 4 is 22.0 Å². The molecule has 0 saturated heterocycles. The molecule has 0 unspecified atom stereocenters. The summed E-state index contributed by atoms with van der Waals surface area (Å²) >= 11 is 0. The Morgan fingerprint density at radius 1 is 1.09 bits per heavy atom. The third kappa shape index (κ3) is 4.34. The number of ether oxygens (including phenoxy) is 1. The molecule has 2 aromatic rings. The van der Waals surface area contributed by atoms with Crippen molar-refractivity contribution < 1.29 is 27.9 Å². The van der Waals surface area contributed by atoms with E-state index in [2.05, 4.69) is 4.98 Å². The second-order valence-corrected chi connectivity index (χ2v) is 6.04. The summed E-state index contributed by atoms with van der Waals surface area (Å²) in [5.74, 6) is -2.04. The summed E-state index contributed by atoms with van der Waals surface area (Å²) < 4.78 is 27.2. The minimum atomic E-state index is -3.78. The average molecular weight is 336 g/mol. The summed E-state index contributed by atoms with van der Waals surface area (Å²) in [7, 11) is -3.78. The Kier molecular flexibility index (Phi) is 4.72. The monoisotopic (exact) mass is 336 g/mol. The Balaban J connectivity index is 2.04. The highest BCUT2D eigenvalue weighted by atomic mass is 32.2. The first-order valence-electron chi connectivity index (χ1n) is 6.26. The van der Waals surface area contributed by atoms with E-state index < -0.39 is 22.0 Å². The van der Waals surface area contributed by atoms with E-state index in [0.29, 0.717) is 5.56 Å². The standard InChI is InChI=1S/C14H12N2O6S/c15-23(20,21)10-6-4-9(5-7-10)8-22-14(19)12-3-1-2-11(16-12)13(17)18/h1-7H,8H2,(H,17,18)(H2,15,20,21). The van der Waals surface area contributed by atoms with Gasteiger partial charge in [0.05, 0.1) is 4.90 Å². The number of pyridine rings is 1. The van der Waals surface area contributed by atoms with Crippen LogP contribution in [0.15, 0.2) is 47.4 Å². The SMILES string of the molecule is NS(=O)(=O)c1ccc(COC(=O)c2cccc(C(=O)O)n2)cc1. The molecular weight excluding hydrogens is 324 g/mol. The number of sulfonamides is 1.